The second kappa shape index (κ2) is 6.45. The van der Waals surface area contributed by atoms with Gasteiger partial charge in [0.1, 0.15) is 6.04 Å². The van der Waals surface area contributed by atoms with E-state index in [4.69, 9.17) is 0 Å². The van der Waals surface area contributed by atoms with Gasteiger partial charge in [-0.2, -0.15) is 0 Å². The third-order valence-corrected chi connectivity index (χ3v) is 5.07. The molecular formula is C17H28N4O2. The largest absolute Gasteiger partial charge is 0.498 e. The third-order valence-electron chi connectivity index (χ3n) is 5.07. The van der Waals surface area contributed by atoms with Crippen LogP contribution in [0.2, 0.25) is 0 Å². The van der Waals surface area contributed by atoms with Crippen molar-refractivity contribution in [2.75, 3.05) is 32.0 Å². The van der Waals surface area contributed by atoms with E-state index in [0.717, 1.165) is 31.0 Å². The van der Waals surface area contributed by atoms with Crippen LogP contribution in [-0.4, -0.2) is 58.7 Å². The monoisotopic (exact) mass is 320 g/mol. The number of rotatable bonds is 3. The minimum absolute atomic E-state index is 0.00954. The van der Waals surface area contributed by atoms with E-state index < -0.39 is 6.09 Å². The molecule has 1 aromatic rings. The number of amides is 1. The lowest BCUT2D eigenvalue weighted by Crippen LogP contribution is -2.76. The molecule has 0 radical (unpaired) electrons. The van der Waals surface area contributed by atoms with E-state index in [2.05, 4.69) is 15.2 Å². The molecule has 6 heteroatoms. The Morgan fingerprint density at radius 3 is 2.61 bits per heavy atom. The van der Waals surface area contributed by atoms with Crippen LogP contribution in [0, 0.1) is 0 Å². The number of pyridine rings is 1. The summed E-state index contributed by atoms with van der Waals surface area (Å²) in [6.07, 6.45) is 0.848. The smallest absolute Gasteiger partial charge is 0.258 e. The van der Waals surface area contributed by atoms with Crippen molar-refractivity contribution in [3.63, 3.8) is 0 Å². The Labute approximate surface area is 138 Å². The number of carboxylic acid groups (broad SMARTS) is 1. The van der Waals surface area contributed by atoms with Gasteiger partial charge in [0.25, 0.3) is 6.09 Å². The van der Waals surface area contributed by atoms with E-state index in [1.165, 1.54) is 0 Å². The molecule has 1 aliphatic heterocycles. The first kappa shape index (κ1) is 17.7. The highest BCUT2D eigenvalue weighted by Crippen LogP contribution is 2.31. The van der Waals surface area contributed by atoms with Crippen LogP contribution in [-0.2, 0) is 6.54 Å². The van der Waals surface area contributed by atoms with Crippen molar-refractivity contribution in [1.29, 1.82) is 0 Å². The zero-order valence-electron chi connectivity index (χ0n) is 14.8. The van der Waals surface area contributed by atoms with Gasteiger partial charge in [0, 0.05) is 20.1 Å². The molecule has 1 aromatic heterocycles. The van der Waals surface area contributed by atoms with E-state index in [0.29, 0.717) is 6.54 Å². The fraction of sp³-hybridized carbons (Fsp3) is 0.647. The van der Waals surface area contributed by atoms with Gasteiger partial charge in [-0.1, -0.05) is 0 Å². The number of anilines is 1. The molecule has 1 saturated heterocycles. The van der Waals surface area contributed by atoms with E-state index in [1.807, 2.05) is 53.1 Å². The quantitative estimate of drug-likeness (QED) is 0.850. The predicted octanol–water partition coefficient (Wildman–Crippen LogP) is 1.29. The van der Waals surface area contributed by atoms with Crippen LogP contribution in [0.5, 0.6) is 0 Å². The van der Waals surface area contributed by atoms with E-state index in [9.17, 15) is 9.90 Å². The highest BCUT2D eigenvalue weighted by atomic mass is 16.4. The fourth-order valence-electron chi connectivity index (χ4n) is 3.70. The van der Waals surface area contributed by atoms with Crippen LogP contribution in [0.3, 0.4) is 0 Å². The normalized spacial score (nSPS) is 26.0. The van der Waals surface area contributed by atoms with Gasteiger partial charge in [0.2, 0.25) is 0 Å². The average Bonchev–Trinajstić information content (AvgIpc) is 2.46. The summed E-state index contributed by atoms with van der Waals surface area (Å²) in [5.74, 6) is 0. The van der Waals surface area contributed by atoms with Crippen LogP contribution in [0.15, 0.2) is 18.3 Å². The lowest BCUT2D eigenvalue weighted by atomic mass is 9.95. The first-order valence-corrected chi connectivity index (χ1v) is 8.15. The summed E-state index contributed by atoms with van der Waals surface area (Å²) in [6.45, 7) is 10.7. The predicted molar refractivity (Wildman–Crippen MR) is 88.8 cm³/mol. The maximum absolute atomic E-state index is 11.9. The highest BCUT2D eigenvalue weighted by Gasteiger charge is 2.49. The average molecular weight is 320 g/mol. The number of nitrogens with zero attached hydrogens (tertiary/aromatic N) is 3. The molecule has 1 fully saturated rings. The Morgan fingerprint density at radius 1 is 1.48 bits per heavy atom. The van der Waals surface area contributed by atoms with Gasteiger partial charge in [0.05, 0.1) is 36.2 Å². The number of hydrogen-bond acceptors (Lipinski definition) is 5. The maximum Gasteiger partial charge on any atom is 0.258 e. The molecule has 1 unspecified atom stereocenters. The molecule has 0 aromatic carbocycles. The van der Waals surface area contributed by atoms with Crippen molar-refractivity contribution < 1.29 is 14.4 Å². The maximum atomic E-state index is 11.9. The first-order valence-electron chi connectivity index (χ1n) is 8.15. The standard InChI is InChI=1S/C17H28N4O2/c1-13-11-20(12-15-7-6-14(18-5)10-19-15)8-9-21(13,16(22)23)17(2,3)4/h6-7,10,13,18H,8-9,11-12H2,1-5H3/t13-,21?/m0/s1. The molecule has 1 amide bonds. The van der Waals surface area contributed by atoms with Crippen LogP contribution in [0.1, 0.15) is 33.4 Å². The van der Waals surface area contributed by atoms with Crippen molar-refractivity contribution >= 4 is 11.8 Å². The summed E-state index contributed by atoms with van der Waals surface area (Å²) >= 11 is 0. The molecule has 1 N–H and O–H groups in total. The van der Waals surface area contributed by atoms with Gasteiger partial charge in [-0.05, 0) is 39.8 Å². The van der Waals surface area contributed by atoms with Crippen molar-refractivity contribution in [3.8, 4) is 0 Å². The molecular weight excluding hydrogens is 292 g/mol. The minimum Gasteiger partial charge on any atom is -0.498 e. The zero-order chi connectivity index (χ0) is 17.3. The third kappa shape index (κ3) is 3.33. The molecule has 23 heavy (non-hydrogen) atoms. The molecule has 128 valence electrons. The van der Waals surface area contributed by atoms with Gasteiger partial charge in [-0.25, -0.2) is 0 Å². The van der Waals surface area contributed by atoms with Crippen LogP contribution in [0.25, 0.3) is 0 Å². The van der Waals surface area contributed by atoms with Gasteiger partial charge in [0.15, 0.2) is 0 Å². The molecule has 0 saturated carbocycles. The second-order valence-corrected chi connectivity index (χ2v) is 7.40. The van der Waals surface area contributed by atoms with Crippen molar-refractivity contribution in [1.82, 2.24) is 9.88 Å². The summed E-state index contributed by atoms with van der Waals surface area (Å²) in [6, 6.07) is 3.99. The minimum atomic E-state index is -0.971. The summed E-state index contributed by atoms with van der Waals surface area (Å²) in [5.41, 5.74) is 1.61. The molecule has 0 spiro atoms. The van der Waals surface area contributed by atoms with Crippen LogP contribution in [0.4, 0.5) is 10.5 Å². The molecule has 0 aliphatic carbocycles. The lowest BCUT2D eigenvalue weighted by Gasteiger charge is -2.55. The van der Waals surface area contributed by atoms with E-state index in [1.54, 1.807) is 0 Å². The molecule has 2 atom stereocenters. The van der Waals surface area contributed by atoms with Gasteiger partial charge in [-0.15, -0.1) is 0 Å². The molecule has 2 heterocycles. The van der Waals surface area contributed by atoms with Gasteiger partial charge >= 0.3 is 0 Å². The number of piperazine rings is 1. The number of quaternary nitrogens is 1. The molecule has 1 aliphatic rings. The topological polar surface area (TPSA) is 68.3 Å². The molecule has 0 bridgehead atoms. The summed E-state index contributed by atoms with van der Waals surface area (Å²) in [7, 11) is 1.87. The lowest BCUT2D eigenvalue weighted by molar-refractivity contribution is -0.943. The SMILES string of the molecule is CNc1ccc(CN2CC[N+](C(=O)[O-])(C(C)(C)C)[C@@H](C)C2)nc1. The molecule has 6 nitrogen and oxygen atoms in total. The van der Waals surface area contributed by atoms with Gasteiger partial charge < -0.3 is 15.2 Å². The second-order valence-electron chi connectivity index (χ2n) is 7.40. The van der Waals surface area contributed by atoms with Crippen molar-refractivity contribution in [3.05, 3.63) is 24.0 Å². The Morgan fingerprint density at radius 2 is 2.17 bits per heavy atom. The van der Waals surface area contributed by atoms with E-state index >= 15 is 0 Å². The number of carbonyl (C=O) groups excluding carboxylic acids is 1. The molecule has 2 rings (SSSR count). The summed E-state index contributed by atoms with van der Waals surface area (Å²) in [5, 5.41) is 14.9. The Hall–Kier alpha value is -1.66. The van der Waals surface area contributed by atoms with Crippen LogP contribution >= 0.6 is 0 Å². The number of hydrogen-bond donors (Lipinski definition) is 1. The van der Waals surface area contributed by atoms with Crippen molar-refractivity contribution in [2.24, 2.45) is 0 Å². The Balaban J connectivity index is 2.09. The van der Waals surface area contributed by atoms with Crippen LogP contribution < -0.4 is 10.4 Å². The number of nitrogens with one attached hydrogen (secondary N) is 1. The number of carbonyl (C=O) groups is 1. The van der Waals surface area contributed by atoms with Crippen molar-refractivity contribution in [2.45, 2.75) is 45.8 Å². The van der Waals surface area contributed by atoms with Gasteiger partial charge in [-0.3, -0.25) is 14.4 Å². The Bertz CT molecular complexity index is 553. The zero-order valence-corrected chi connectivity index (χ0v) is 14.8. The first-order chi connectivity index (χ1) is 10.7. The summed E-state index contributed by atoms with van der Waals surface area (Å²) in [4.78, 5) is 18.6. The highest BCUT2D eigenvalue weighted by molar-refractivity contribution is 5.55. The number of aromatic nitrogens is 1. The summed E-state index contributed by atoms with van der Waals surface area (Å²) < 4.78 is 0.00954. The fourth-order valence-corrected chi connectivity index (χ4v) is 3.70. The Kier molecular flexibility index (Phi) is 4.96. The van der Waals surface area contributed by atoms with E-state index in [-0.39, 0.29) is 16.1 Å².